The number of hydrogen-bond donors (Lipinski definition) is 1. The van der Waals surface area contributed by atoms with Gasteiger partial charge in [0.05, 0.1) is 24.8 Å². The number of aryl methyl sites for hydroxylation is 1. The molecule has 2 saturated heterocycles. The minimum atomic E-state index is -0.689. The molecule has 0 aliphatic carbocycles. The number of likely N-dealkylation sites (tertiary alicyclic amines) is 1. The van der Waals surface area contributed by atoms with E-state index in [2.05, 4.69) is 9.88 Å². The van der Waals surface area contributed by atoms with Crippen LogP contribution in [0.25, 0.3) is 5.76 Å². The zero-order chi connectivity index (χ0) is 27.2. The molecule has 1 amide bonds. The summed E-state index contributed by atoms with van der Waals surface area (Å²) in [4.78, 5) is 34.6. The monoisotopic (exact) mass is 527 g/mol. The summed E-state index contributed by atoms with van der Waals surface area (Å²) in [6.45, 7) is 6.60. The minimum absolute atomic E-state index is 0.0960. The summed E-state index contributed by atoms with van der Waals surface area (Å²) < 4.78 is 11.3. The molecule has 8 nitrogen and oxygen atoms in total. The van der Waals surface area contributed by atoms with Crippen molar-refractivity contribution in [3.8, 4) is 5.75 Å². The lowest BCUT2D eigenvalue weighted by molar-refractivity contribution is -0.140. The normalized spacial score (nSPS) is 19.4. The molecule has 3 heterocycles. The Morgan fingerprint density at radius 1 is 1.03 bits per heavy atom. The fraction of sp³-hybridized carbons (Fsp3) is 0.323. The molecular formula is C31H33N3O5. The third-order valence-electron chi connectivity index (χ3n) is 7.24. The van der Waals surface area contributed by atoms with Crippen molar-refractivity contribution in [3.63, 3.8) is 0 Å². The SMILES string of the molecule is Cc1cc(OCc2ccccc2)ccc1/C(O)=C1\C(=O)C(=O)N(CCCN2CCOCC2)[C@@H]1c1ccncc1. The second-order valence-corrected chi connectivity index (χ2v) is 9.83. The van der Waals surface area contributed by atoms with E-state index < -0.39 is 17.7 Å². The Labute approximate surface area is 228 Å². The molecule has 1 aromatic heterocycles. The molecule has 2 aliphatic heterocycles. The first-order valence-corrected chi connectivity index (χ1v) is 13.3. The molecule has 1 atom stereocenters. The third-order valence-corrected chi connectivity index (χ3v) is 7.24. The summed E-state index contributed by atoms with van der Waals surface area (Å²) in [6.07, 6.45) is 3.97. The van der Waals surface area contributed by atoms with Crippen molar-refractivity contribution < 1.29 is 24.2 Å². The number of hydrogen-bond acceptors (Lipinski definition) is 7. The van der Waals surface area contributed by atoms with E-state index in [-0.39, 0.29) is 11.3 Å². The fourth-order valence-corrected chi connectivity index (χ4v) is 5.17. The molecule has 0 bridgehead atoms. The van der Waals surface area contributed by atoms with Crippen LogP contribution in [0.2, 0.25) is 0 Å². The van der Waals surface area contributed by atoms with Crippen molar-refractivity contribution in [2.75, 3.05) is 39.4 Å². The average Bonchev–Trinajstić information content (AvgIpc) is 3.22. The Balaban J connectivity index is 1.40. The van der Waals surface area contributed by atoms with Gasteiger partial charge in [0, 0.05) is 44.1 Å². The van der Waals surface area contributed by atoms with Gasteiger partial charge >= 0.3 is 0 Å². The lowest BCUT2D eigenvalue weighted by Gasteiger charge is -2.29. The number of Topliss-reactive ketones (excluding diaryl/α,β-unsaturated/α-hetero) is 1. The molecule has 0 unspecified atom stereocenters. The lowest BCUT2D eigenvalue weighted by Crippen LogP contribution is -2.38. The number of amides is 1. The average molecular weight is 528 g/mol. The van der Waals surface area contributed by atoms with Crippen LogP contribution in [-0.2, 0) is 20.9 Å². The van der Waals surface area contributed by atoms with Gasteiger partial charge in [-0.2, -0.15) is 0 Å². The van der Waals surface area contributed by atoms with E-state index in [1.165, 1.54) is 0 Å². The second kappa shape index (κ2) is 12.2. The smallest absolute Gasteiger partial charge is 0.295 e. The van der Waals surface area contributed by atoms with E-state index in [4.69, 9.17) is 9.47 Å². The van der Waals surface area contributed by atoms with Gasteiger partial charge in [0.1, 0.15) is 18.1 Å². The highest BCUT2D eigenvalue weighted by Crippen LogP contribution is 2.40. The number of aromatic nitrogens is 1. The quantitative estimate of drug-likeness (QED) is 0.254. The zero-order valence-corrected chi connectivity index (χ0v) is 22.1. The molecule has 8 heteroatoms. The van der Waals surface area contributed by atoms with Crippen molar-refractivity contribution in [2.45, 2.75) is 26.0 Å². The van der Waals surface area contributed by atoms with Crippen LogP contribution in [0.1, 0.15) is 34.7 Å². The van der Waals surface area contributed by atoms with Crippen molar-refractivity contribution in [3.05, 3.63) is 101 Å². The summed E-state index contributed by atoms with van der Waals surface area (Å²) in [5.74, 6) is -0.801. The Kier molecular flexibility index (Phi) is 8.34. The van der Waals surface area contributed by atoms with Crippen molar-refractivity contribution in [1.82, 2.24) is 14.8 Å². The summed E-state index contributed by atoms with van der Waals surface area (Å²) in [6, 6.07) is 18.1. The number of rotatable bonds is 9. The number of benzene rings is 2. The molecule has 0 radical (unpaired) electrons. The molecule has 2 aliphatic rings. The second-order valence-electron chi connectivity index (χ2n) is 9.83. The standard InChI is InChI=1S/C31H33N3O5/c1-22-20-25(39-21-23-6-3-2-4-7-23)8-9-26(22)29(35)27-28(24-10-12-32-13-11-24)34(31(37)30(27)36)15-5-14-33-16-18-38-19-17-33/h2-4,6-13,20,28,35H,5,14-19,21H2,1H3/b29-27+/t28-/m1/s1. The Morgan fingerprint density at radius 2 is 1.77 bits per heavy atom. The topological polar surface area (TPSA) is 92.2 Å². The first-order valence-electron chi connectivity index (χ1n) is 13.3. The first kappa shape index (κ1) is 26.6. The number of nitrogens with zero attached hydrogens (tertiary/aromatic N) is 3. The fourth-order valence-electron chi connectivity index (χ4n) is 5.17. The van der Waals surface area contributed by atoms with E-state index in [9.17, 15) is 14.7 Å². The summed E-state index contributed by atoms with van der Waals surface area (Å²) in [5.41, 5.74) is 3.11. The highest BCUT2D eigenvalue weighted by molar-refractivity contribution is 6.46. The van der Waals surface area contributed by atoms with Gasteiger partial charge in [0.25, 0.3) is 11.7 Å². The van der Waals surface area contributed by atoms with Crippen molar-refractivity contribution >= 4 is 17.4 Å². The molecule has 0 saturated carbocycles. The van der Waals surface area contributed by atoms with Crippen LogP contribution in [0.15, 0.2) is 78.6 Å². The number of morpholine rings is 1. The number of carbonyl (C=O) groups is 2. The number of aliphatic hydroxyl groups excluding tert-OH is 1. The third kappa shape index (κ3) is 6.02. The van der Waals surface area contributed by atoms with Gasteiger partial charge in [-0.05, 0) is 60.4 Å². The molecule has 1 N–H and O–H groups in total. The Hall–Kier alpha value is -4.01. The van der Waals surface area contributed by atoms with E-state index in [1.54, 1.807) is 41.6 Å². The van der Waals surface area contributed by atoms with Gasteiger partial charge in [-0.15, -0.1) is 0 Å². The maximum atomic E-state index is 13.3. The van der Waals surface area contributed by atoms with E-state index in [0.717, 1.165) is 36.3 Å². The molecule has 2 fully saturated rings. The molecular weight excluding hydrogens is 494 g/mol. The number of ketones is 1. The summed E-state index contributed by atoms with van der Waals surface area (Å²) in [5, 5.41) is 11.5. The van der Waals surface area contributed by atoms with Gasteiger partial charge in [0.2, 0.25) is 0 Å². The maximum Gasteiger partial charge on any atom is 0.295 e. The predicted molar refractivity (Wildman–Crippen MR) is 147 cm³/mol. The Morgan fingerprint density at radius 3 is 2.49 bits per heavy atom. The van der Waals surface area contributed by atoms with E-state index in [1.807, 2.05) is 43.3 Å². The lowest BCUT2D eigenvalue weighted by atomic mass is 9.94. The van der Waals surface area contributed by atoms with Crippen LogP contribution in [0.3, 0.4) is 0 Å². The molecule has 0 spiro atoms. The first-order chi connectivity index (χ1) is 19.0. The highest BCUT2D eigenvalue weighted by Gasteiger charge is 2.46. The van der Waals surface area contributed by atoms with Crippen LogP contribution < -0.4 is 4.74 Å². The van der Waals surface area contributed by atoms with Gasteiger partial charge in [-0.3, -0.25) is 19.5 Å². The van der Waals surface area contributed by atoms with Gasteiger partial charge in [-0.1, -0.05) is 30.3 Å². The van der Waals surface area contributed by atoms with Crippen LogP contribution in [-0.4, -0.2) is 71.0 Å². The molecule has 3 aromatic rings. The maximum absolute atomic E-state index is 13.3. The van der Waals surface area contributed by atoms with Crippen LogP contribution in [0.5, 0.6) is 5.75 Å². The van der Waals surface area contributed by atoms with Gasteiger partial charge in [0.15, 0.2) is 0 Å². The largest absolute Gasteiger partial charge is 0.507 e. The van der Waals surface area contributed by atoms with Gasteiger partial charge in [-0.25, -0.2) is 0 Å². The van der Waals surface area contributed by atoms with Crippen molar-refractivity contribution in [1.29, 1.82) is 0 Å². The number of ether oxygens (including phenoxy) is 2. The number of pyridine rings is 1. The molecule has 5 rings (SSSR count). The molecule has 202 valence electrons. The van der Waals surface area contributed by atoms with E-state index >= 15 is 0 Å². The zero-order valence-electron chi connectivity index (χ0n) is 22.1. The van der Waals surface area contributed by atoms with Gasteiger partial charge < -0.3 is 19.5 Å². The molecule has 39 heavy (non-hydrogen) atoms. The van der Waals surface area contributed by atoms with Crippen LogP contribution in [0, 0.1) is 6.92 Å². The molecule has 2 aromatic carbocycles. The van der Waals surface area contributed by atoms with Crippen LogP contribution in [0.4, 0.5) is 0 Å². The van der Waals surface area contributed by atoms with Crippen LogP contribution >= 0.6 is 0 Å². The summed E-state index contributed by atoms with van der Waals surface area (Å²) >= 11 is 0. The highest BCUT2D eigenvalue weighted by atomic mass is 16.5. The van der Waals surface area contributed by atoms with E-state index in [0.29, 0.717) is 44.1 Å². The number of aliphatic hydroxyl groups is 1. The number of carbonyl (C=O) groups excluding carboxylic acids is 2. The Bertz CT molecular complexity index is 1340. The minimum Gasteiger partial charge on any atom is -0.507 e. The predicted octanol–water partition coefficient (Wildman–Crippen LogP) is 4.11. The summed E-state index contributed by atoms with van der Waals surface area (Å²) in [7, 11) is 0. The van der Waals surface area contributed by atoms with Crippen molar-refractivity contribution in [2.24, 2.45) is 0 Å².